The number of methoxy groups -OCH3 is 1. The number of piperidine rings is 1. The third kappa shape index (κ3) is 4.41. The zero-order chi connectivity index (χ0) is 20.3. The van der Waals surface area contributed by atoms with Gasteiger partial charge in [-0.05, 0) is 18.2 Å². The molecular formula is C18H20ClF2N5O2. The predicted molar refractivity (Wildman–Crippen MR) is 103 cm³/mol. The summed E-state index contributed by atoms with van der Waals surface area (Å²) in [7, 11) is 3.16. The zero-order valence-corrected chi connectivity index (χ0v) is 16.2. The molecule has 0 unspecified atom stereocenters. The van der Waals surface area contributed by atoms with Crippen molar-refractivity contribution in [2.24, 2.45) is 0 Å². The normalized spacial score (nSPS) is 15.8. The van der Waals surface area contributed by atoms with E-state index in [0.29, 0.717) is 33.8 Å². The molecule has 150 valence electrons. The van der Waals surface area contributed by atoms with E-state index in [-0.39, 0.29) is 31.8 Å². The maximum Gasteiger partial charge on any atom is 0.253 e. The number of carbonyl (C=O) groups excluding carboxylic acids is 1. The molecule has 1 amide bonds. The molecule has 0 atom stereocenters. The number of amides is 1. The van der Waals surface area contributed by atoms with E-state index >= 15 is 0 Å². The molecule has 10 heteroatoms. The molecule has 1 aromatic heterocycles. The quantitative estimate of drug-likeness (QED) is 0.779. The van der Waals surface area contributed by atoms with Gasteiger partial charge in [-0.15, -0.1) is 0 Å². The Morgan fingerprint density at radius 3 is 2.68 bits per heavy atom. The van der Waals surface area contributed by atoms with Gasteiger partial charge in [-0.2, -0.15) is 4.98 Å². The number of nitrogens with zero attached hydrogens (tertiary/aromatic N) is 3. The zero-order valence-electron chi connectivity index (χ0n) is 15.4. The lowest BCUT2D eigenvalue weighted by Crippen LogP contribution is -2.42. The molecule has 1 saturated heterocycles. The highest BCUT2D eigenvalue weighted by atomic mass is 35.5. The van der Waals surface area contributed by atoms with E-state index in [0.717, 1.165) is 0 Å². The van der Waals surface area contributed by atoms with Crippen molar-refractivity contribution < 1.29 is 18.3 Å². The van der Waals surface area contributed by atoms with Gasteiger partial charge >= 0.3 is 0 Å². The number of rotatable bonds is 5. The first kappa shape index (κ1) is 20.1. The molecule has 1 aromatic carbocycles. The van der Waals surface area contributed by atoms with E-state index in [1.165, 1.54) is 18.2 Å². The van der Waals surface area contributed by atoms with Gasteiger partial charge < -0.3 is 20.3 Å². The number of hydrogen-bond acceptors (Lipinski definition) is 6. The van der Waals surface area contributed by atoms with Crippen LogP contribution in [0.2, 0.25) is 5.02 Å². The van der Waals surface area contributed by atoms with Gasteiger partial charge in [0.25, 0.3) is 11.8 Å². The summed E-state index contributed by atoms with van der Waals surface area (Å²) in [5.74, 6) is -1.85. The second-order valence-electron chi connectivity index (χ2n) is 6.33. The van der Waals surface area contributed by atoms with E-state index in [1.54, 1.807) is 25.2 Å². The van der Waals surface area contributed by atoms with E-state index in [1.807, 2.05) is 0 Å². The highest BCUT2D eigenvalue weighted by molar-refractivity contribution is 6.32. The molecule has 28 heavy (non-hydrogen) atoms. The minimum Gasteiger partial charge on any atom is -0.495 e. The minimum atomic E-state index is -2.70. The first-order chi connectivity index (χ1) is 13.3. The largest absolute Gasteiger partial charge is 0.495 e. The maximum absolute atomic E-state index is 13.3. The lowest BCUT2D eigenvalue weighted by Gasteiger charge is -2.31. The van der Waals surface area contributed by atoms with Crippen LogP contribution in [0.3, 0.4) is 0 Å². The minimum absolute atomic E-state index is 0.0273. The monoisotopic (exact) mass is 411 g/mol. The van der Waals surface area contributed by atoms with Crippen molar-refractivity contribution in [2.75, 3.05) is 37.9 Å². The lowest BCUT2D eigenvalue weighted by molar-refractivity contribution is -0.0494. The van der Waals surface area contributed by atoms with Crippen LogP contribution in [-0.2, 0) is 0 Å². The summed E-state index contributed by atoms with van der Waals surface area (Å²) in [4.78, 5) is 22.4. The summed E-state index contributed by atoms with van der Waals surface area (Å²) in [6, 6.07) is 4.82. The van der Waals surface area contributed by atoms with Gasteiger partial charge in [0.1, 0.15) is 16.6 Å². The molecule has 0 saturated carbocycles. The van der Waals surface area contributed by atoms with Crippen LogP contribution in [0.15, 0.2) is 24.4 Å². The number of nitrogens with one attached hydrogen (secondary N) is 2. The Balaban J connectivity index is 1.78. The van der Waals surface area contributed by atoms with Gasteiger partial charge in [-0.3, -0.25) is 4.79 Å². The molecule has 0 aliphatic carbocycles. The van der Waals surface area contributed by atoms with Gasteiger partial charge in [0.05, 0.1) is 19.0 Å². The Morgan fingerprint density at radius 1 is 1.32 bits per heavy atom. The number of aromatic nitrogens is 2. The molecule has 1 fully saturated rings. The SMILES string of the molecule is CNc1nc(Nc2ccc(C(=O)N3CCC(F)(F)CC3)cc2OC)ncc1Cl. The summed E-state index contributed by atoms with van der Waals surface area (Å²) in [6.07, 6.45) is 0.813. The molecule has 2 aromatic rings. The Bertz CT molecular complexity index is 871. The van der Waals surface area contributed by atoms with Gasteiger partial charge in [0, 0.05) is 38.5 Å². The molecule has 7 nitrogen and oxygen atoms in total. The van der Waals surface area contributed by atoms with Crippen LogP contribution in [0.4, 0.5) is 26.2 Å². The van der Waals surface area contributed by atoms with Crippen molar-refractivity contribution in [1.29, 1.82) is 0 Å². The lowest BCUT2D eigenvalue weighted by atomic mass is 10.1. The maximum atomic E-state index is 13.3. The number of hydrogen-bond donors (Lipinski definition) is 2. The van der Waals surface area contributed by atoms with Crippen LogP contribution in [0, 0.1) is 0 Å². The molecule has 1 aliphatic heterocycles. The summed E-state index contributed by atoms with van der Waals surface area (Å²) in [5.41, 5.74) is 0.911. The predicted octanol–water partition coefficient (Wildman–Crippen LogP) is 3.80. The van der Waals surface area contributed by atoms with E-state index in [9.17, 15) is 13.6 Å². The van der Waals surface area contributed by atoms with Crippen molar-refractivity contribution in [1.82, 2.24) is 14.9 Å². The van der Waals surface area contributed by atoms with Gasteiger partial charge in [0.2, 0.25) is 5.95 Å². The van der Waals surface area contributed by atoms with E-state index in [2.05, 4.69) is 20.6 Å². The number of benzene rings is 1. The Morgan fingerprint density at radius 2 is 2.04 bits per heavy atom. The topological polar surface area (TPSA) is 79.4 Å². The average Bonchev–Trinajstić information content (AvgIpc) is 2.69. The summed E-state index contributed by atoms with van der Waals surface area (Å²) in [5, 5.41) is 6.25. The van der Waals surface area contributed by atoms with Gasteiger partial charge in [-0.25, -0.2) is 13.8 Å². The Labute approximate surface area is 166 Å². The van der Waals surface area contributed by atoms with Crippen LogP contribution >= 0.6 is 11.6 Å². The Hall–Kier alpha value is -2.68. The number of halogens is 3. The number of likely N-dealkylation sites (tertiary alicyclic amines) is 1. The summed E-state index contributed by atoms with van der Waals surface area (Å²) in [6.45, 7) is 0.0547. The number of alkyl halides is 2. The van der Waals surface area contributed by atoms with E-state index < -0.39 is 5.92 Å². The number of anilines is 3. The smallest absolute Gasteiger partial charge is 0.253 e. The number of carbonyl (C=O) groups is 1. The van der Waals surface area contributed by atoms with E-state index in [4.69, 9.17) is 16.3 Å². The van der Waals surface area contributed by atoms with Crippen LogP contribution in [0.25, 0.3) is 0 Å². The van der Waals surface area contributed by atoms with Gasteiger partial charge in [-0.1, -0.05) is 11.6 Å². The fourth-order valence-electron chi connectivity index (χ4n) is 2.87. The van der Waals surface area contributed by atoms with Crippen molar-refractivity contribution in [3.8, 4) is 5.75 Å². The third-order valence-electron chi connectivity index (χ3n) is 4.46. The van der Waals surface area contributed by atoms with Crippen molar-refractivity contribution in [3.05, 3.63) is 35.0 Å². The molecule has 0 radical (unpaired) electrons. The highest BCUT2D eigenvalue weighted by Crippen LogP contribution is 2.31. The van der Waals surface area contributed by atoms with Crippen molar-refractivity contribution in [2.45, 2.75) is 18.8 Å². The second-order valence-corrected chi connectivity index (χ2v) is 6.74. The molecular weight excluding hydrogens is 392 g/mol. The molecule has 0 spiro atoms. The standard InChI is InChI=1S/C18H20ClF2N5O2/c1-22-15-12(19)10-23-17(25-15)24-13-4-3-11(9-14(13)28-2)16(27)26-7-5-18(20,21)6-8-26/h3-4,9-10H,5-8H2,1-2H3,(H2,22,23,24,25). The molecule has 2 N–H and O–H groups in total. The van der Waals surface area contributed by atoms with Gasteiger partial charge in [0.15, 0.2) is 0 Å². The van der Waals surface area contributed by atoms with Crippen LogP contribution in [0.1, 0.15) is 23.2 Å². The first-order valence-electron chi connectivity index (χ1n) is 8.65. The average molecular weight is 412 g/mol. The molecule has 0 bridgehead atoms. The van der Waals surface area contributed by atoms with Crippen molar-refractivity contribution in [3.63, 3.8) is 0 Å². The molecule has 2 heterocycles. The fraction of sp³-hybridized carbons (Fsp3) is 0.389. The van der Waals surface area contributed by atoms with Crippen molar-refractivity contribution >= 4 is 35.0 Å². The highest BCUT2D eigenvalue weighted by Gasteiger charge is 2.35. The first-order valence-corrected chi connectivity index (χ1v) is 9.03. The fourth-order valence-corrected chi connectivity index (χ4v) is 3.06. The molecule has 1 aliphatic rings. The van der Waals surface area contributed by atoms with Crippen LogP contribution in [-0.4, -0.2) is 53.9 Å². The number of ether oxygens (including phenoxy) is 1. The third-order valence-corrected chi connectivity index (χ3v) is 4.73. The molecule has 3 rings (SSSR count). The second kappa shape index (κ2) is 8.14. The summed E-state index contributed by atoms with van der Waals surface area (Å²) < 4.78 is 32.0. The Kier molecular flexibility index (Phi) is 5.83. The van der Waals surface area contributed by atoms with Crippen LogP contribution < -0.4 is 15.4 Å². The summed E-state index contributed by atoms with van der Waals surface area (Å²) >= 11 is 5.98. The van der Waals surface area contributed by atoms with Crippen LogP contribution in [0.5, 0.6) is 5.75 Å².